The van der Waals surface area contributed by atoms with Crippen molar-refractivity contribution in [2.75, 3.05) is 0 Å². The number of hydrogen-bond acceptors (Lipinski definition) is 4. The molecule has 0 aliphatic heterocycles. The molecule has 2 rings (SSSR count). The molecule has 0 aliphatic rings. The summed E-state index contributed by atoms with van der Waals surface area (Å²) in [4.78, 5) is 0. The Balaban J connectivity index is 1.98. The van der Waals surface area contributed by atoms with E-state index in [2.05, 4.69) is 0 Å². The Kier molecular flexibility index (Phi) is 4.48. The van der Waals surface area contributed by atoms with Gasteiger partial charge in [0.1, 0.15) is 5.75 Å². The first kappa shape index (κ1) is 14.2. The Bertz CT molecular complexity index is 593. The van der Waals surface area contributed by atoms with E-state index in [-0.39, 0.29) is 23.9 Å². The van der Waals surface area contributed by atoms with Crippen LogP contribution >= 0.6 is 0 Å². The van der Waals surface area contributed by atoms with E-state index in [1.165, 1.54) is 6.07 Å². The second-order valence-electron chi connectivity index (χ2n) is 4.76. The van der Waals surface area contributed by atoms with Gasteiger partial charge in [0.2, 0.25) is 0 Å². The molecule has 2 aromatic carbocycles. The molecule has 2 aromatic rings. The summed E-state index contributed by atoms with van der Waals surface area (Å²) in [5, 5.41) is 37.7. The zero-order chi connectivity index (χ0) is 14.5. The fraction of sp³-hybridized carbons (Fsp3) is 0.250. The molecule has 0 heterocycles. The van der Waals surface area contributed by atoms with Crippen LogP contribution in [0.5, 0.6) is 17.2 Å². The molecule has 0 radical (unpaired) electrons. The molecule has 0 amide bonds. The van der Waals surface area contributed by atoms with Gasteiger partial charge in [0.15, 0.2) is 11.5 Å². The molecule has 4 heteroatoms. The van der Waals surface area contributed by atoms with E-state index in [0.717, 1.165) is 18.4 Å². The van der Waals surface area contributed by atoms with Gasteiger partial charge in [-0.05, 0) is 48.6 Å². The summed E-state index contributed by atoms with van der Waals surface area (Å²) < 4.78 is 0. The van der Waals surface area contributed by atoms with Crippen molar-refractivity contribution in [1.82, 2.24) is 0 Å². The maximum atomic E-state index is 9.70. The van der Waals surface area contributed by atoms with Gasteiger partial charge in [-0.15, -0.1) is 0 Å². The first-order chi connectivity index (χ1) is 9.61. The number of aliphatic hydroxyl groups is 1. The predicted molar refractivity (Wildman–Crippen MR) is 75.8 cm³/mol. The molecule has 4 nitrogen and oxygen atoms in total. The second kappa shape index (κ2) is 6.30. The molecular formula is C16H18O4. The van der Waals surface area contributed by atoms with Gasteiger partial charge < -0.3 is 20.4 Å². The van der Waals surface area contributed by atoms with Gasteiger partial charge in [-0.3, -0.25) is 0 Å². The maximum Gasteiger partial charge on any atom is 0.160 e. The van der Waals surface area contributed by atoms with Gasteiger partial charge in [0, 0.05) is 5.56 Å². The lowest BCUT2D eigenvalue weighted by atomic mass is 10.0. The van der Waals surface area contributed by atoms with Gasteiger partial charge in [-0.2, -0.15) is 0 Å². The van der Waals surface area contributed by atoms with Crippen LogP contribution in [0.3, 0.4) is 0 Å². The highest BCUT2D eigenvalue weighted by molar-refractivity contribution is 5.44. The number of phenols is 3. The van der Waals surface area contributed by atoms with Crippen molar-refractivity contribution < 1.29 is 20.4 Å². The number of aliphatic hydroxyl groups excluding tert-OH is 1. The maximum absolute atomic E-state index is 9.70. The highest BCUT2D eigenvalue weighted by Crippen LogP contribution is 2.29. The van der Waals surface area contributed by atoms with Gasteiger partial charge in [-0.1, -0.05) is 18.2 Å². The van der Waals surface area contributed by atoms with Crippen molar-refractivity contribution in [2.45, 2.75) is 25.9 Å². The van der Waals surface area contributed by atoms with Crippen molar-refractivity contribution in [1.29, 1.82) is 0 Å². The number of aromatic hydroxyl groups is 3. The molecule has 0 aliphatic carbocycles. The van der Waals surface area contributed by atoms with Gasteiger partial charge in [-0.25, -0.2) is 0 Å². The highest BCUT2D eigenvalue weighted by atomic mass is 16.3. The summed E-state index contributed by atoms with van der Waals surface area (Å²) in [7, 11) is 0. The molecule has 0 unspecified atom stereocenters. The number of rotatable bonds is 5. The average Bonchev–Trinajstić information content (AvgIpc) is 2.45. The van der Waals surface area contributed by atoms with Crippen LogP contribution in [0.1, 0.15) is 23.1 Å². The summed E-state index contributed by atoms with van der Waals surface area (Å²) >= 11 is 0. The third-order valence-corrected chi connectivity index (χ3v) is 3.32. The number of aryl methyl sites for hydroxylation is 2. The Hall–Kier alpha value is -2.20. The van der Waals surface area contributed by atoms with Crippen LogP contribution in [0, 0.1) is 0 Å². The number of hydrogen-bond donors (Lipinski definition) is 4. The van der Waals surface area contributed by atoms with Crippen LogP contribution in [0.2, 0.25) is 0 Å². The Morgan fingerprint density at radius 2 is 1.60 bits per heavy atom. The van der Waals surface area contributed by atoms with E-state index in [9.17, 15) is 15.3 Å². The fourth-order valence-electron chi connectivity index (χ4n) is 2.18. The number of benzene rings is 2. The topological polar surface area (TPSA) is 80.9 Å². The molecule has 0 aromatic heterocycles. The third-order valence-electron chi connectivity index (χ3n) is 3.32. The van der Waals surface area contributed by atoms with Crippen molar-refractivity contribution in [3.63, 3.8) is 0 Å². The molecule has 4 N–H and O–H groups in total. The number of phenolic OH excluding ortho intramolecular Hbond substituents is 2. The highest BCUT2D eigenvalue weighted by Gasteiger charge is 2.06. The van der Waals surface area contributed by atoms with Crippen molar-refractivity contribution >= 4 is 0 Å². The van der Waals surface area contributed by atoms with E-state index < -0.39 is 0 Å². The SMILES string of the molecule is OCc1cc(CCCc2cccc(O)c2O)ccc1O. The minimum Gasteiger partial charge on any atom is -0.508 e. The van der Waals surface area contributed by atoms with Crippen LogP contribution in [0.25, 0.3) is 0 Å². The standard InChI is InChI=1S/C16H18O4/c17-10-13-9-11(7-8-14(13)18)3-1-4-12-5-2-6-15(19)16(12)20/h2,5-9,17-20H,1,3-4,10H2. The zero-order valence-electron chi connectivity index (χ0n) is 11.1. The van der Waals surface area contributed by atoms with E-state index >= 15 is 0 Å². The molecule has 20 heavy (non-hydrogen) atoms. The average molecular weight is 274 g/mol. The Labute approximate surface area is 117 Å². The first-order valence-electron chi connectivity index (χ1n) is 6.53. The van der Waals surface area contributed by atoms with Crippen molar-refractivity contribution in [3.05, 3.63) is 53.1 Å². The molecule has 0 atom stereocenters. The zero-order valence-corrected chi connectivity index (χ0v) is 11.1. The smallest absolute Gasteiger partial charge is 0.160 e. The van der Waals surface area contributed by atoms with Crippen LogP contribution in [-0.2, 0) is 19.4 Å². The quantitative estimate of drug-likeness (QED) is 0.631. The summed E-state index contributed by atoms with van der Waals surface area (Å²) in [6.45, 7) is -0.187. The lowest BCUT2D eigenvalue weighted by Crippen LogP contribution is -1.93. The summed E-state index contributed by atoms with van der Waals surface area (Å²) in [6.07, 6.45) is 2.21. The predicted octanol–water partition coefficient (Wildman–Crippen LogP) is 2.47. The fourth-order valence-corrected chi connectivity index (χ4v) is 2.18. The van der Waals surface area contributed by atoms with Crippen LogP contribution in [0.4, 0.5) is 0 Å². The van der Waals surface area contributed by atoms with Crippen LogP contribution in [-0.4, -0.2) is 20.4 Å². The molecule has 0 saturated carbocycles. The Morgan fingerprint density at radius 1 is 0.800 bits per heavy atom. The number of para-hydroxylation sites is 1. The largest absolute Gasteiger partial charge is 0.508 e. The van der Waals surface area contributed by atoms with Gasteiger partial charge in [0.05, 0.1) is 6.61 Å². The second-order valence-corrected chi connectivity index (χ2v) is 4.76. The molecule has 0 saturated heterocycles. The minimum atomic E-state index is -0.187. The van der Waals surface area contributed by atoms with Crippen molar-refractivity contribution in [2.24, 2.45) is 0 Å². The van der Waals surface area contributed by atoms with Gasteiger partial charge >= 0.3 is 0 Å². The van der Waals surface area contributed by atoms with Crippen LogP contribution in [0.15, 0.2) is 36.4 Å². The molecule has 106 valence electrons. The Morgan fingerprint density at radius 3 is 2.35 bits per heavy atom. The lowest BCUT2D eigenvalue weighted by Gasteiger charge is -2.08. The van der Waals surface area contributed by atoms with E-state index in [4.69, 9.17) is 5.11 Å². The van der Waals surface area contributed by atoms with Crippen molar-refractivity contribution in [3.8, 4) is 17.2 Å². The van der Waals surface area contributed by atoms with E-state index in [1.807, 2.05) is 6.07 Å². The van der Waals surface area contributed by atoms with E-state index in [0.29, 0.717) is 17.5 Å². The van der Waals surface area contributed by atoms with E-state index in [1.54, 1.807) is 24.3 Å². The minimum absolute atomic E-state index is 0.0609. The summed E-state index contributed by atoms with van der Waals surface area (Å²) in [5.41, 5.74) is 2.25. The summed E-state index contributed by atoms with van der Waals surface area (Å²) in [6, 6.07) is 10.1. The lowest BCUT2D eigenvalue weighted by molar-refractivity contribution is 0.275. The molecular weight excluding hydrogens is 256 g/mol. The van der Waals surface area contributed by atoms with Crippen LogP contribution < -0.4 is 0 Å². The third kappa shape index (κ3) is 3.22. The summed E-state index contributed by atoms with van der Waals surface area (Å²) in [5.74, 6) is -0.0640. The molecule has 0 spiro atoms. The first-order valence-corrected chi connectivity index (χ1v) is 6.53. The monoisotopic (exact) mass is 274 g/mol. The molecule has 0 fully saturated rings. The van der Waals surface area contributed by atoms with Gasteiger partial charge in [0.25, 0.3) is 0 Å². The molecule has 0 bridgehead atoms. The normalized spacial score (nSPS) is 10.7.